The van der Waals surface area contributed by atoms with Crippen molar-refractivity contribution in [2.24, 2.45) is 0 Å². The average molecular weight is 292 g/mol. The quantitative estimate of drug-likeness (QED) is 0.766. The van der Waals surface area contributed by atoms with Crippen LogP contribution in [0.2, 0.25) is 0 Å². The highest BCUT2D eigenvalue weighted by Crippen LogP contribution is 2.32. The van der Waals surface area contributed by atoms with Gasteiger partial charge in [0.15, 0.2) is 0 Å². The molecule has 1 aliphatic rings. The molecule has 1 heterocycles. The van der Waals surface area contributed by atoms with Gasteiger partial charge in [-0.2, -0.15) is 0 Å². The lowest BCUT2D eigenvalue weighted by Gasteiger charge is -2.27. The van der Waals surface area contributed by atoms with Crippen LogP contribution in [0.25, 0.3) is 5.70 Å². The highest BCUT2D eigenvalue weighted by molar-refractivity contribution is 6.32. The SMILES string of the molecule is C=CCOc1ccc(C2=CC=C(Cl)C(=C)N2C)c(F)c1. The first-order valence-corrected chi connectivity index (χ1v) is 6.46. The van der Waals surface area contributed by atoms with Crippen molar-refractivity contribution in [3.8, 4) is 5.75 Å². The van der Waals surface area contributed by atoms with Crippen LogP contribution in [0.4, 0.5) is 4.39 Å². The molecule has 0 saturated heterocycles. The van der Waals surface area contributed by atoms with E-state index in [2.05, 4.69) is 13.2 Å². The van der Waals surface area contributed by atoms with Crippen LogP contribution in [0.1, 0.15) is 5.56 Å². The first-order chi connectivity index (χ1) is 9.54. The molecule has 1 aromatic rings. The molecule has 2 rings (SSSR count). The number of halogens is 2. The van der Waals surface area contributed by atoms with Gasteiger partial charge in [-0.3, -0.25) is 0 Å². The molecule has 1 aliphatic heterocycles. The predicted molar refractivity (Wildman–Crippen MR) is 80.9 cm³/mol. The highest BCUT2D eigenvalue weighted by atomic mass is 35.5. The average Bonchev–Trinajstić information content (AvgIpc) is 2.44. The van der Waals surface area contributed by atoms with Gasteiger partial charge in [0.05, 0.1) is 16.4 Å². The normalized spacial score (nSPS) is 14.8. The van der Waals surface area contributed by atoms with E-state index in [0.717, 1.165) is 0 Å². The summed E-state index contributed by atoms with van der Waals surface area (Å²) in [6.07, 6.45) is 5.08. The molecule has 0 N–H and O–H groups in total. The molecule has 0 saturated carbocycles. The molecule has 0 amide bonds. The van der Waals surface area contributed by atoms with Gasteiger partial charge in [0.25, 0.3) is 0 Å². The van der Waals surface area contributed by atoms with Crippen LogP contribution in [-0.2, 0) is 0 Å². The molecule has 20 heavy (non-hydrogen) atoms. The molecule has 0 aromatic heterocycles. The second-order valence-electron chi connectivity index (χ2n) is 4.31. The van der Waals surface area contributed by atoms with E-state index in [1.54, 1.807) is 42.3 Å². The van der Waals surface area contributed by atoms with Crippen LogP contribution in [0.3, 0.4) is 0 Å². The molecule has 0 unspecified atom stereocenters. The minimum atomic E-state index is -0.358. The fourth-order valence-electron chi connectivity index (χ4n) is 1.88. The van der Waals surface area contributed by atoms with Crippen molar-refractivity contribution in [1.82, 2.24) is 4.90 Å². The van der Waals surface area contributed by atoms with Gasteiger partial charge in [-0.25, -0.2) is 4.39 Å². The maximum atomic E-state index is 14.2. The minimum absolute atomic E-state index is 0.344. The third-order valence-corrected chi connectivity index (χ3v) is 3.36. The number of likely N-dealkylation sites (N-methyl/N-ethyl adjacent to an activating group) is 1. The van der Waals surface area contributed by atoms with E-state index in [-0.39, 0.29) is 5.82 Å². The summed E-state index contributed by atoms with van der Waals surface area (Å²) < 4.78 is 19.5. The third-order valence-electron chi connectivity index (χ3n) is 3.01. The van der Waals surface area contributed by atoms with Gasteiger partial charge in [0.2, 0.25) is 0 Å². The molecule has 4 heteroatoms. The zero-order valence-corrected chi connectivity index (χ0v) is 12.0. The predicted octanol–water partition coefficient (Wildman–Crippen LogP) is 4.31. The molecule has 0 fully saturated rings. The molecular weight excluding hydrogens is 277 g/mol. The van der Waals surface area contributed by atoms with Crippen LogP contribution in [0.15, 0.2) is 60.3 Å². The first-order valence-electron chi connectivity index (χ1n) is 6.08. The Hall–Kier alpha value is -2.00. The summed E-state index contributed by atoms with van der Waals surface area (Å²) in [6, 6.07) is 4.76. The first kappa shape index (κ1) is 14.4. The molecule has 0 radical (unpaired) electrons. The number of rotatable bonds is 4. The van der Waals surface area contributed by atoms with E-state index in [0.29, 0.717) is 34.3 Å². The monoisotopic (exact) mass is 291 g/mol. The second kappa shape index (κ2) is 5.97. The van der Waals surface area contributed by atoms with Crippen molar-refractivity contribution in [3.05, 3.63) is 71.7 Å². The standard InChI is InChI=1S/C16H15ClFNO/c1-4-9-20-12-5-6-13(15(18)10-12)16-8-7-14(17)11(2)19(16)3/h4-8,10H,1-2,9H2,3H3. The van der Waals surface area contributed by atoms with Crippen LogP contribution in [-0.4, -0.2) is 18.6 Å². The summed E-state index contributed by atoms with van der Waals surface area (Å²) in [6.45, 7) is 7.76. The summed E-state index contributed by atoms with van der Waals surface area (Å²) in [5.74, 6) is 0.112. The highest BCUT2D eigenvalue weighted by Gasteiger charge is 2.19. The molecule has 0 atom stereocenters. The Labute approximate surface area is 123 Å². The van der Waals surface area contributed by atoms with Gasteiger partial charge in [0.1, 0.15) is 18.2 Å². The Morgan fingerprint density at radius 1 is 1.40 bits per heavy atom. The molecule has 1 aromatic carbocycles. The number of hydrogen-bond donors (Lipinski definition) is 0. The number of hydrogen-bond acceptors (Lipinski definition) is 2. The lowest BCUT2D eigenvalue weighted by molar-refractivity contribution is 0.360. The Kier molecular flexibility index (Phi) is 4.30. The summed E-state index contributed by atoms with van der Waals surface area (Å²) in [5.41, 5.74) is 1.81. The lowest BCUT2D eigenvalue weighted by atomic mass is 10.1. The second-order valence-corrected chi connectivity index (χ2v) is 4.72. The fraction of sp³-hybridized carbons (Fsp3) is 0.125. The lowest BCUT2D eigenvalue weighted by Crippen LogP contribution is -2.18. The summed E-state index contributed by atoms with van der Waals surface area (Å²) in [5, 5.41) is 0.544. The largest absolute Gasteiger partial charge is 0.489 e. The fourth-order valence-corrected chi connectivity index (χ4v) is 2.07. The number of benzene rings is 1. The zero-order chi connectivity index (χ0) is 14.7. The smallest absolute Gasteiger partial charge is 0.136 e. The summed E-state index contributed by atoms with van der Waals surface area (Å²) in [7, 11) is 1.80. The topological polar surface area (TPSA) is 12.5 Å². The summed E-state index contributed by atoms with van der Waals surface area (Å²) >= 11 is 5.99. The van der Waals surface area contributed by atoms with Gasteiger partial charge in [-0.05, 0) is 24.3 Å². The van der Waals surface area contributed by atoms with Crippen molar-refractivity contribution < 1.29 is 9.13 Å². The maximum Gasteiger partial charge on any atom is 0.136 e. The number of nitrogens with zero attached hydrogens (tertiary/aromatic N) is 1. The zero-order valence-electron chi connectivity index (χ0n) is 11.2. The maximum absolute atomic E-state index is 14.2. The van der Waals surface area contributed by atoms with Crippen LogP contribution in [0.5, 0.6) is 5.75 Å². The Morgan fingerprint density at radius 2 is 2.15 bits per heavy atom. The van der Waals surface area contributed by atoms with Crippen LogP contribution >= 0.6 is 11.6 Å². The van der Waals surface area contributed by atoms with Crippen molar-refractivity contribution in [1.29, 1.82) is 0 Å². The van der Waals surface area contributed by atoms with Gasteiger partial charge in [-0.1, -0.05) is 30.8 Å². The number of ether oxygens (including phenoxy) is 1. The van der Waals surface area contributed by atoms with E-state index in [9.17, 15) is 4.39 Å². The van der Waals surface area contributed by atoms with Gasteiger partial charge in [0, 0.05) is 18.7 Å². The van der Waals surface area contributed by atoms with Crippen LogP contribution < -0.4 is 4.74 Å². The van der Waals surface area contributed by atoms with Gasteiger partial charge >= 0.3 is 0 Å². The van der Waals surface area contributed by atoms with Crippen molar-refractivity contribution >= 4 is 17.3 Å². The molecule has 2 nitrogen and oxygen atoms in total. The van der Waals surface area contributed by atoms with E-state index in [1.807, 2.05) is 0 Å². The Balaban J connectivity index is 2.34. The molecule has 0 bridgehead atoms. The Morgan fingerprint density at radius 3 is 2.80 bits per heavy atom. The minimum Gasteiger partial charge on any atom is -0.489 e. The van der Waals surface area contributed by atoms with Crippen LogP contribution in [0, 0.1) is 5.82 Å². The molecule has 0 aliphatic carbocycles. The van der Waals surface area contributed by atoms with Crippen molar-refractivity contribution in [2.75, 3.05) is 13.7 Å². The van der Waals surface area contributed by atoms with Gasteiger partial charge in [-0.15, -0.1) is 0 Å². The molecule has 0 spiro atoms. The van der Waals surface area contributed by atoms with E-state index in [1.165, 1.54) is 6.07 Å². The summed E-state index contributed by atoms with van der Waals surface area (Å²) in [4.78, 5) is 1.75. The van der Waals surface area contributed by atoms with Crippen molar-refractivity contribution in [3.63, 3.8) is 0 Å². The van der Waals surface area contributed by atoms with E-state index in [4.69, 9.17) is 16.3 Å². The Bertz CT molecular complexity index is 619. The van der Waals surface area contributed by atoms with Gasteiger partial charge < -0.3 is 9.64 Å². The third kappa shape index (κ3) is 2.78. The molecular formula is C16H15ClFNO. The number of allylic oxidation sites excluding steroid dienone is 3. The molecule has 104 valence electrons. The van der Waals surface area contributed by atoms with E-state index < -0.39 is 0 Å². The van der Waals surface area contributed by atoms with E-state index >= 15 is 0 Å². The van der Waals surface area contributed by atoms with Crippen molar-refractivity contribution in [2.45, 2.75) is 0 Å².